The van der Waals surface area contributed by atoms with Crippen LogP contribution in [-0.4, -0.2) is 26.9 Å². The molecule has 0 N–H and O–H groups in total. The average Bonchev–Trinajstić information content (AvgIpc) is 3.18. The number of nitriles is 1. The summed E-state index contributed by atoms with van der Waals surface area (Å²) in [5, 5.41) is 13.8. The van der Waals surface area contributed by atoms with Crippen molar-refractivity contribution in [1.29, 1.82) is 5.26 Å². The first-order chi connectivity index (χ1) is 14.2. The van der Waals surface area contributed by atoms with Crippen molar-refractivity contribution in [3.63, 3.8) is 0 Å². The highest BCUT2D eigenvalue weighted by molar-refractivity contribution is 5.82. The van der Waals surface area contributed by atoms with Crippen LogP contribution in [0.1, 0.15) is 5.56 Å². The summed E-state index contributed by atoms with van der Waals surface area (Å²) >= 11 is 0. The first kappa shape index (κ1) is 18.4. The normalized spacial score (nSPS) is 10.5. The van der Waals surface area contributed by atoms with E-state index in [0.717, 1.165) is 45.0 Å². The molecule has 0 radical (unpaired) electrons. The smallest absolute Gasteiger partial charge is 0.128 e. The molecule has 142 valence electrons. The van der Waals surface area contributed by atoms with E-state index in [1.807, 2.05) is 49.5 Å². The van der Waals surface area contributed by atoms with Gasteiger partial charge in [0, 0.05) is 41.5 Å². The molecule has 0 bridgehead atoms. The van der Waals surface area contributed by atoms with Crippen LogP contribution in [0.2, 0.25) is 0 Å². The zero-order valence-corrected chi connectivity index (χ0v) is 16.2. The molecule has 0 atom stereocenters. The van der Waals surface area contributed by atoms with Crippen molar-refractivity contribution < 1.29 is 4.74 Å². The number of hydrogen-bond donors (Lipinski definition) is 0. The van der Waals surface area contributed by atoms with Gasteiger partial charge in [0.25, 0.3) is 0 Å². The van der Waals surface area contributed by atoms with Crippen molar-refractivity contribution in [1.82, 2.24) is 19.7 Å². The lowest BCUT2D eigenvalue weighted by atomic mass is 10.00. The highest BCUT2D eigenvalue weighted by Gasteiger charge is 2.15. The number of hydrogen-bond acceptors (Lipinski definition) is 5. The lowest BCUT2D eigenvalue weighted by Gasteiger charge is -2.08. The molecule has 0 aliphatic rings. The number of rotatable bonds is 5. The van der Waals surface area contributed by atoms with Gasteiger partial charge in [0.2, 0.25) is 0 Å². The minimum atomic E-state index is 0.177. The van der Waals surface area contributed by atoms with Crippen LogP contribution in [0.15, 0.2) is 67.3 Å². The quantitative estimate of drug-likeness (QED) is 0.508. The fourth-order valence-electron chi connectivity index (χ4n) is 3.27. The summed E-state index contributed by atoms with van der Waals surface area (Å²) in [6, 6.07) is 16.0. The molecule has 29 heavy (non-hydrogen) atoms. The average molecular weight is 381 g/mol. The Morgan fingerprint density at radius 3 is 2.72 bits per heavy atom. The third-order valence-electron chi connectivity index (χ3n) is 4.58. The Labute approximate surface area is 169 Å². The number of pyridine rings is 2. The molecule has 6 heteroatoms. The molecule has 0 saturated carbocycles. The number of methoxy groups -OCH3 is 1. The number of benzene rings is 1. The van der Waals surface area contributed by atoms with E-state index in [1.54, 1.807) is 30.4 Å². The molecule has 0 unspecified atom stereocenters. The van der Waals surface area contributed by atoms with Crippen LogP contribution >= 0.6 is 0 Å². The van der Waals surface area contributed by atoms with Gasteiger partial charge < -0.3 is 4.74 Å². The van der Waals surface area contributed by atoms with Crippen LogP contribution < -0.4 is 4.74 Å². The number of aromatic nitrogens is 4. The summed E-state index contributed by atoms with van der Waals surface area (Å²) < 4.78 is 7.09. The zero-order valence-electron chi connectivity index (χ0n) is 16.2. The van der Waals surface area contributed by atoms with Crippen LogP contribution in [0.3, 0.4) is 0 Å². The summed E-state index contributed by atoms with van der Waals surface area (Å²) in [5.41, 5.74) is 6.48. The van der Waals surface area contributed by atoms with E-state index >= 15 is 0 Å². The van der Waals surface area contributed by atoms with Crippen LogP contribution in [0.25, 0.3) is 33.6 Å². The minimum absolute atomic E-state index is 0.177. The van der Waals surface area contributed by atoms with Gasteiger partial charge in [-0.25, -0.2) is 0 Å². The molecule has 0 fully saturated rings. The Bertz CT molecular complexity index is 1190. The van der Waals surface area contributed by atoms with Crippen LogP contribution in [0, 0.1) is 18.3 Å². The second-order valence-corrected chi connectivity index (χ2v) is 6.66. The van der Waals surface area contributed by atoms with Crippen LogP contribution in [0.4, 0.5) is 0 Å². The van der Waals surface area contributed by atoms with E-state index in [9.17, 15) is 0 Å². The van der Waals surface area contributed by atoms with Crippen molar-refractivity contribution >= 4 is 0 Å². The predicted octanol–water partition coefficient (Wildman–Crippen LogP) is 4.51. The zero-order chi connectivity index (χ0) is 20.2. The fourth-order valence-corrected chi connectivity index (χ4v) is 3.27. The van der Waals surface area contributed by atoms with Crippen molar-refractivity contribution in [3.05, 3.63) is 72.8 Å². The van der Waals surface area contributed by atoms with Gasteiger partial charge in [-0.05, 0) is 60.5 Å². The summed E-state index contributed by atoms with van der Waals surface area (Å²) in [6.07, 6.45) is 7.20. The van der Waals surface area contributed by atoms with Crippen LogP contribution in [-0.2, 0) is 6.54 Å². The number of aryl methyl sites for hydroxylation is 1. The first-order valence-corrected chi connectivity index (χ1v) is 9.15. The molecule has 6 nitrogen and oxygen atoms in total. The van der Waals surface area contributed by atoms with Gasteiger partial charge in [-0.2, -0.15) is 10.4 Å². The molecule has 0 aliphatic heterocycles. The van der Waals surface area contributed by atoms with Gasteiger partial charge >= 0.3 is 0 Å². The first-order valence-electron chi connectivity index (χ1n) is 9.15. The van der Waals surface area contributed by atoms with E-state index in [2.05, 4.69) is 27.2 Å². The molecule has 3 heterocycles. The van der Waals surface area contributed by atoms with E-state index in [-0.39, 0.29) is 6.54 Å². The molecule has 0 amide bonds. The van der Waals surface area contributed by atoms with Gasteiger partial charge in [0.05, 0.1) is 18.9 Å². The maximum absolute atomic E-state index is 9.13. The fraction of sp³-hybridized carbons (Fsp3) is 0.130. The van der Waals surface area contributed by atoms with Crippen molar-refractivity contribution in [2.24, 2.45) is 0 Å². The minimum Gasteiger partial charge on any atom is -0.497 e. The molecule has 0 spiro atoms. The Balaban J connectivity index is 1.87. The monoisotopic (exact) mass is 381 g/mol. The topological polar surface area (TPSA) is 76.6 Å². The predicted molar refractivity (Wildman–Crippen MR) is 111 cm³/mol. The summed E-state index contributed by atoms with van der Waals surface area (Å²) in [4.78, 5) is 8.66. The van der Waals surface area contributed by atoms with Crippen molar-refractivity contribution in [3.8, 4) is 45.5 Å². The number of ether oxygens (including phenoxy) is 1. The summed E-state index contributed by atoms with van der Waals surface area (Å²) in [6.45, 7) is 2.20. The third kappa shape index (κ3) is 3.85. The summed E-state index contributed by atoms with van der Waals surface area (Å²) in [5.74, 6) is 0.770. The van der Waals surface area contributed by atoms with Crippen LogP contribution in [0.5, 0.6) is 5.75 Å². The lowest BCUT2D eigenvalue weighted by Crippen LogP contribution is -1.95. The van der Waals surface area contributed by atoms with Crippen molar-refractivity contribution in [2.75, 3.05) is 7.11 Å². The third-order valence-corrected chi connectivity index (χ3v) is 4.58. The lowest BCUT2D eigenvalue weighted by molar-refractivity contribution is 0.414. The molecule has 4 aromatic rings. The summed E-state index contributed by atoms with van der Waals surface area (Å²) in [7, 11) is 1.65. The molecule has 0 aliphatic carbocycles. The highest BCUT2D eigenvalue weighted by Crippen LogP contribution is 2.34. The molecule has 4 rings (SSSR count). The maximum atomic E-state index is 9.13. The second-order valence-electron chi connectivity index (χ2n) is 6.66. The van der Waals surface area contributed by atoms with E-state index in [1.165, 1.54) is 0 Å². The second kappa shape index (κ2) is 7.95. The van der Waals surface area contributed by atoms with Gasteiger partial charge in [0.15, 0.2) is 0 Å². The largest absolute Gasteiger partial charge is 0.497 e. The Morgan fingerprint density at radius 1 is 1.07 bits per heavy atom. The Hall–Kier alpha value is -3.98. The maximum Gasteiger partial charge on any atom is 0.128 e. The van der Waals surface area contributed by atoms with Gasteiger partial charge in [0.1, 0.15) is 18.0 Å². The van der Waals surface area contributed by atoms with E-state index in [0.29, 0.717) is 0 Å². The van der Waals surface area contributed by atoms with E-state index < -0.39 is 0 Å². The molecule has 0 saturated heterocycles. The SMILES string of the molecule is COc1cc(C)cc(-c2nn(CC#N)cc2-c2ccnc(-c3cccnc3)c2)c1. The Morgan fingerprint density at radius 2 is 1.97 bits per heavy atom. The van der Waals surface area contributed by atoms with Gasteiger partial charge in [-0.3, -0.25) is 14.6 Å². The standard InChI is InChI=1S/C23H19N5O/c1-16-10-19(12-20(11-16)29-2)23-21(15-28(27-23)9-6-24)17-5-8-26-22(13-17)18-4-3-7-25-14-18/h3-5,7-8,10-15H,9H2,1-2H3. The number of nitrogens with zero attached hydrogens (tertiary/aromatic N) is 5. The molecular weight excluding hydrogens is 362 g/mol. The van der Waals surface area contributed by atoms with Crippen molar-refractivity contribution in [2.45, 2.75) is 13.5 Å². The molecular formula is C23H19N5O. The van der Waals surface area contributed by atoms with Gasteiger partial charge in [-0.15, -0.1) is 0 Å². The Kier molecular flexibility index (Phi) is 5.04. The molecule has 1 aromatic carbocycles. The van der Waals surface area contributed by atoms with E-state index in [4.69, 9.17) is 10.00 Å². The van der Waals surface area contributed by atoms with Gasteiger partial charge in [-0.1, -0.05) is 0 Å². The molecule has 3 aromatic heterocycles. The highest BCUT2D eigenvalue weighted by atomic mass is 16.5.